The minimum atomic E-state index is -0.734. The van der Waals surface area contributed by atoms with Crippen molar-refractivity contribution >= 4 is 12.1 Å². The summed E-state index contributed by atoms with van der Waals surface area (Å²) >= 11 is 0. The maximum absolute atomic E-state index is 11.9. The molecule has 3 atom stereocenters. The third kappa shape index (κ3) is 2.60. The van der Waals surface area contributed by atoms with Crippen molar-refractivity contribution < 1.29 is 19.4 Å². The standard InChI is InChI=1S/C13H21NO4/c1-13(2,3)18-12(17)14-5-4-8-6-9(11(15)16)10(8)7-14/h8-10H,4-7H2,1-3H3,(H,15,16)/t8-,9-,10-/m0/s1. The monoisotopic (exact) mass is 255 g/mol. The number of hydrogen-bond donors (Lipinski definition) is 1. The van der Waals surface area contributed by atoms with Crippen molar-refractivity contribution in [2.75, 3.05) is 13.1 Å². The van der Waals surface area contributed by atoms with Crippen molar-refractivity contribution in [3.8, 4) is 0 Å². The second-order valence-electron chi connectivity index (χ2n) is 6.32. The van der Waals surface area contributed by atoms with Gasteiger partial charge < -0.3 is 14.7 Å². The van der Waals surface area contributed by atoms with Crippen molar-refractivity contribution in [1.82, 2.24) is 4.90 Å². The Bertz CT molecular complexity index is 360. The van der Waals surface area contributed by atoms with Gasteiger partial charge in [-0.05, 0) is 45.4 Å². The Kier molecular flexibility index (Phi) is 3.25. The third-order valence-corrected chi connectivity index (χ3v) is 3.85. The van der Waals surface area contributed by atoms with E-state index in [-0.39, 0.29) is 17.9 Å². The molecule has 0 radical (unpaired) electrons. The number of carbonyl (C=O) groups is 2. The number of likely N-dealkylation sites (tertiary alicyclic amines) is 1. The first-order valence-corrected chi connectivity index (χ1v) is 6.48. The summed E-state index contributed by atoms with van der Waals surface area (Å²) in [7, 11) is 0. The van der Waals surface area contributed by atoms with E-state index in [0.29, 0.717) is 19.0 Å². The quantitative estimate of drug-likeness (QED) is 0.777. The van der Waals surface area contributed by atoms with Gasteiger partial charge in [0.2, 0.25) is 0 Å². The van der Waals surface area contributed by atoms with E-state index < -0.39 is 11.6 Å². The first-order chi connectivity index (χ1) is 8.28. The molecule has 1 aliphatic heterocycles. The van der Waals surface area contributed by atoms with Crippen LogP contribution in [0.15, 0.2) is 0 Å². The Balaban J connectivity index is 1.93. The van der Waals surface area contributed by atoms with Crippen LogP contribution in [0.25, 0.3) is 0 Å². The summed E-state index contributed by atoms with van der Waals surface area (Å²) in [5, 5.41) is 9.05. The number of fused-ring (bicyclic) bond motifs is 1. The average Bonchev–Trinajstić information content (AvgIpc) is 2.16. The Morgan fingerprint density at radius 2 is 2.00 bits per heavy atom. The van der Waals surface area contributed by atoms with Gasteiger partial charge in [-0.15, -0.1) is 0 Å². The molecular formula is C13H21NO4. The maximum Gasteiger partial charge on any atom is 0.410 e. The van der Waals surface area contributed by atoms with Gasteiger partial charge in [-0.3, -0.25) is 4.79 Å². The van der Waals surface area contributed by atoms with Gasteiger partial charge >= 0.3 is 12.1 Å². The highest BCUT2D eigenvalue weighted by Crippen LogP contribution is 2.45. The lowest BCUT2D eigenvalue weighted by Gasteiger charge is -2.49. The summed E-state index contributed by atoms with van der Waals surface area (Å²) in [6.45, 7) is 6.71. The molecule has 0 spiro atoms. The minimum Gasteiger partial charge on any atom is -0.481 e. The fraction of sp³-hybridized carbons (Fsp3) is 0.846. The van der Waals surface area contributed by atoms with Crippen LogP contribution in [0, 0.1) is 17.8 Å². The van der Waals surface area contributed by atoms with E-state index in [9.17, 15) is 9.59 Å². The number of ether oxygens (including phenoxy) is 1. The van der Waals surface area contributed by atoms with Crippen LogP contribution < -0.4 is 0 Å². The molecule has 1 saturated carbocycles. The van der Waals surface area contributed by atoms with Gasteiger partial charge in [0.05, 0.1) is 5.92 Å². The van der Waals surface area contributed by atoms with Crippen LogP contribution >= 0.6 is 0 Å². The summed E-state index contributed by atoms with van der Waals surface area (Å²) < 4.78 is 5.32. The van der Waals surface area contributed by atoms with Crippen LogP contribution in [-0.2, 0) is 9.53 Å². The van der Waals surface area contributed by atoms with E-state index >= 15 is 0 Å². The molecule has 5 nitrogen and oxygen atoms in total. The predicted molar refractivity (Wildman–Crippen MR) is 65.1 cm³/mol. The van der Waals surface area contributed by atoms with Crippen LogP contribution in [0.5, 0.6) is 0 Å². The van der Waals surface area contributed by atoms with Crippen molar-refractivity contribution in [2.45, 2.75) is 39.2 Å². The zero-order valence-corrected chi connectivity index (χ0v) is 11.2. The first kappa shape index (κ1) is 13.2. The number of rotatable bonds is 1. The van der Waals surface area contributed by atoms with Gasteiger partial charge in [-0.25, -0.2) is 4.79 Å². The molecule has 5 heteroatoms. The lowest BCUT2D eigenvalue weighted by molar-refractivity contribution is -0.154. The largest absolute Gasteiger partial charge is 0.481 e. The number of carboxylic acid groups (broad SMARTS) is 1. The molecule has 2 fully saturated rings. The minimum absolute atomic E-state index is 0.115. The predicted octanol–water partition coefficient (Wildman–Crippen LogP) is 1.96. The second kappa shape index (κ2) is 4.44. The molecule has 2 rings (SSSR count). The fourth-order valence-corrected chi connectivity index (χ4v) is 2.86. The normalized spacial score (nSPS) is 31.3. The lowest BCUT2D eigenvalue weighted by atomic mass is 9.62. The number of amides is 1. The van der Waals surface area contributed by atoms with Gasteiger partial charge in [-0.2, -0.15) is 0 Å². The highest BCUT2D eigenvalue weighted by Gasteiger charge is 2.48. The molecule has 1 heterocycles. The molecule has 0 bridgehead atoms. The summed E-state index contributed by atoms with van der Waals surface area (Å²) in [5.74, 6) is -0.420. The van der Waals surface area contributed by atoms with E-state index in [0.717, 1.165) is 12.8 Å². The number of carboxylic acids is 1. The number of carbonyl (C=O) groups excluding carboxylic acids is 1. The molecule has 0 aromatic rings. The van der Waals surface area contributed by atoms with Gasteiger partial charge in [0.25, 0.3) is 0 Å². The van der Waals surface area contributed by atoms with Gasteiger partial charge in [0.1, 0.15) is 5.60 Å². The molecule has 0 aromatic heterocycles. The Hall–Kier alpha value is -1.26. The van der Waals surface area contributed by atoms with Crippen molar-refractivity contribution in [3.05, 3.63) is 0 Å². The van der Waals surface area contributed by atoms with Gasteiger partial charge in [0, 0.05) is 13.1 Å². The molecule has 102 valence electrons. The summed E-state index contributed by atoms with van der Waals surface area (Å²) in [6, 6.07) is 0. The molecular weight excluding hydrogens is 234 g/mol. The zero-order chi connectivity index (χ0) is 13.5. The van der Waals surface area contributed by atoms with Gasteiger partial charge in [-0.1, -0.05) is 0 Å². The molecule has 0 unspecified atom stereocenters. The SMILES string of the molecule is CC(C)(C)OC(=O)N1CC[C@H]2C[C@H](C(=O)O)[C@H]2C1. The van der Waals surface area contributed by atoms with Crippen LogP contribution in [0.3, 0.4) is 0 Å². The molecule has 1 amide bonds. The van der Waals surface area contributed by atoms with Gasteiger partial charge in [0.15, 0.2) is 0 Å². The van der Waals surface area contributed by atoms with E-state index in [4.69, 9.17) is 9.84 Å². The third-order valence-electron chi connectivity index (χ3n) is 3.85. The average molecular weight is 255 g/mol. The van der Waals surface area contributed by atoms with Crippen molar-refractivity contribution in [3.63, 3.8) is 0 Å². The first-order valence-electron chi connectivity index (χ1n) is 6.48. The molecule has 1 N–H and O–H groups in total. The molecule has 18 heavy (non-hydrogen) atoms. The van der Waals surface area contributed by atoms with E-state index in [2.05, 4.69) is 0 Å². The number of aliphatic carboxylic acids is 1. The van der Waals surface area contributed by atoms with E-state index in [1.807, 2.05) is 20.8 Å². The Morgan fingerprint density at radius 3 is 2.56 bits per heavy atom. The van der Waals surface area contributed by atoms with Crippen molar-refractivity contribution in [2.24, 2.45) is 17.8 Å². The number of nitrogens with zero attached hydrogens (tertiary/aromatic N) is 1. The summed E-state index contributed by atoms with van der Waals surface area (Å²) in [6.07, 6.45) is 1.34. The van der Waals surface area contributed by atoms with Crippen LogP contribution in [0.2, 0.25) is 0 Å². The zero-order valence-electron chi connectivity index (χ0n) is 11.2. The smallest absolute Gasteiger partial charge is 0.410 e. The van der Waals surface area contributed by atoms with Crippen LogP contribution in [0.4, 0.5) is 4.79 Å². The summed E-state index contributed by atoms with van der Waals surface area (Å²) in [5.41, 5.74) is -0.500. The fourth-order valence-electron chi connectivity index (χ4n) is 2.86. The Labute approximate surface area is 107 Å². The van der Waals surface area contributed by atoms with Crippen LogP contribution in [0.1, 0.15) is 33.6 Å². The molecule has 2 aliphatic rings. The summed E-state index contributed by atoms with van der Waals surface area (Å²) in [4.78, 5) is 24.6. The van der Waals surface area contributed by atoms with E-state index in [1.54, 1.807) is 4.90 Å². The molecule has 1 saturated heterocycles. The second-order valence-corrected chi connectivity index (χ2v) is 6.32. The number of piperidine rings is 1. The lowest BCUT2D eigenvalue weighted by Crippen LogP contribution is -2.54. The number of hydrogen-bond acceptors (Lipinski definition) is 3. The van der Waals surface area contributed by atoms with Crippen LogP contribution in [-0.4, -0.2) is 40.8 Å². The molecule has 1 aliphatic carbocycles. The maximum atomic E-state index is 11.9. The Morgan fingerprint density at radius 1 is 1.33 bits per heavy atom. The molecule has 0 aromatic carbocycles. The topological polar surface area (TPSA) is 66.8 Å². The highest BCUT2D eigenvalue weighted by atomic mass is 16.6. The highest BCUT2D eigenvalue weighted by molar-refractivity contribution is 5.72. The van der Waals surface area contributed by atoms with E-state index in [1.165, 1.54) is 0 Å². The van der Waals surface area contributed by atoms with Crippen molar-refractivity contribution in [1.29, 1.82) is 0 Å².